The van der Waals surface area contributed by atoms with Gasteiger partial charge < -0.3 is 0 Å². The van der Waals surface area contributed by atoms with Crippen molar-refractivity contribution in [3.05, 3.63) is 194 Å². The first kappa shape index (κ1) is 33.8. The molecule has 1 aliphatic carbocycles. The summed E-state index contributed by atoms with van der Waals surface area (Å²) in [6, 6.07) is 59.5. The van der Waals surface area contributed by atoms with Gasteiger partial charge in [0.1, 0.15) is 0 Å². The van der Waals surface area contributed by atoms with Crippen LogP contribution in [0.2, 0.25) is 0 Å². The highest BCUT2D eigenvalue weighted by atomic mass is 32.1. The molecule has 0 saturated carbocycles. The van der Waals surface area contributed by atoms with Crippen molar-refractivity contribution in [1.29, 1.82) is 0 Å². The third kappa shape index (κ3) is 5.92. The van der Waals surface area contributed by atoms with Crippen LogP contribution in [0.1, 0.15) is 18.9 Å². The lowest BCUT2D eigenvalue weighted by Crippen LogP contribution is -2.19. The molecule has 3 aromatic heterocycles. The molecule has 0 saturated heterocycles. The van der Waals surface area contributed by atoms with Gasteiger partial charge in [0, 0.05) is 62.4 Å². The van der Waals surface area contributed by atoms with Gasteiger partial charge in [0.15, 0.2) is 5.82 Å². The summed E-state index contributed by atoms with van der Waals surface area (Å²) < 4.78 is 5.20. The number of hydrogen-bond acceptors (Lipinski definition) is 4. The Morgan fingerprint density at radius 2 is 1.00 bits per heavy atom. The van der Waals surface area contributed by atoms with Crippen molar-refractivity contribution in [3.63, 3.8) is 0 Å². The van der Waals surface area contributed by atoms with Crippen molar-refractivity contribution in [2.24, 2.45) is 0 Å². The average Bonchev–Trinajstić information content (AvgIpc) is 3.86. The Morgan fingerprint density at radius 3 is 1.63 bits per heavy atom. The maximum atomic E-state index is 5.36. The van der Waals surface area contributed by atoms with Gasteiger partial charge in [0.2, 0.25) is 0 Å². The Balaban J connectivity index is 1.16. The van der Waals surface area contributed by atoms with Gasteiger partial charge in [0.05, 0.1) is 11.4 Å². The van der Waals surface area contributed by atoms with Crippen LogP contribution in [0.4, 0.5) is 0 Å². The van der Waals surface area contributed by atoms with Crippen molar-refractivity contribution in [2.75, 3.05) is 0 Å². The molecule has 0 spiro atoms. The van der Waals surface area contributed by atoms with E-state index in [4.69, 9.17) is 9.97 Å². The maximum Gasteiger partial charge on any atom is 0.160 e. The third-order valence-electron chi connectivity index (χ3n) is 11.5. The van der Waals surface area contributed by atoms with Gasteiger partial charge in [-0.1, -0.05) is 153 Å². The molecule has 270 valence electrons. The summed E-state index contributed by atoms with van der Waals surface area (Å²) in [6.07, 6.45) is 9.83. The number of hydrogen-bond donors (Lipinski definition) is 0. The van der Waals surface area contributed by atoms with Gasteiger partial charge >= 0.3 is 0 Å². The average molecular weight is 765 g/mol. The minimum Gasteiger partial charge on any atom is -0.228 e. The highest BCUT2D eigenvalue weighted by molar-refractivity contribution is 7.26. The van der Waals surface area contributed by atoms with Crippen LogP contribution in [0.5, 0.6) is 0 Å². The van der Waals surface area contributed by atoms with E-state index in [2.05, 4.69) is 189 Å². The quantitative estimate of drug-likeness (QED) is 0.168. The standard InChI is InChI=1S/C53H36N2S2/c1-53(27-10-3-11-28-53)39-18-12-17-35(32-39)46-33-47(55-52(54-46)34-15-4-2-5-16-34)38-30-36(40-21-13-23-44-42-19-6-8-25-48(42)56-50(40)44)29-37(31-38)41-22-14-24-45-43-20-7-9-26-49(43)57-51(41)45/h2-27,29-33H,28H2,1H3. The molecule has 57 heavy (non-hydrogen) atoms. The van der Waals surface area contributed by atoms with Crippen molar-refractivity contribution in [1.82, 2.24) is 9.97 Å². The fraction of sp³-hybridized carbons (Fsp3) is 0.0566. The van der Waals surface area contributed by atoms with Crippen LogP contribution < -0.4 is 0 Å². The zero-order valence-electron chi connectivity index (χ0n) is 31.3. The summed E-state index contributed by atoms with van der Waals surface area (Å²) in [5.74, 6) is 0.713. The van der Waals surface area contributed by atoms with Crippen LogP contribution in [0.25, 0.3) is 96.5 Å². The lowest BCUT2D eigenvalue weighted by Gasteiger charge is -2.27. The smallest absolute Gasteiger partial charge is 0.160 e. The number of rotatable bonds is 6. The summed E-state index contributed by atoms with van der Waals surface area (Å²) in [6.45, 7) is 2.31. The Labute approximate surface area is 339 Å². The minimum atomic E-state index is -0.0761. The van der Waals surface area contributed by atoms with Gasteiger partial charge in [-0.3, -0.25) is 0 Å². The SMILES string of the molecule is CC1(c2cccc(-c3cc(-c4cc(-c5cccc6c5sc5ccccc56)cc(-c5cccc6c5sc5ccccc56)c4)nc(-c4ccccc4)n3)c2)C=CC=CC1. The van der Waals surface area contributed by atoms with E-state index < -0.39 is 0 Å². The second kappa shape index (κ2) is 13.6. The lowest BCUT2D eigenvalue weighted by atomic mass is 9.77. The first-order chi connectivity index (χ1) is 28.1. The molecule has 1 atom stereocenters. The molecule has 0 amide bonds. The van der Waals surface area contributed by atoms with Gasteiger partial charge in [-0.25, -0.2) is 9.97 Å². The molecule has 1 aliphatic rings. The molecule has 7 aromatic carbocycles. The van der Waals surface area contributed by atoms with E-state index >= 15 is 0 Å². The van der Waals surface area contributed by atoms with Crippen molar-refractivity contribution >= 4 is 63.0 Å². The first-order valence-corrected chi connectivity index (χ1v) is 21.1. The summed E-state index contributed by atoms with van der Waals surface area (Å²) in [4.78, 5) is 10.6. The monoisotopic (exact) mass is 764 g/mol. The molecule has 0 N–H and O–H groups in total. The fourth-order valence-corrected chi connectivity index (χ4v) is 10.9. The summed E-state index contributed by atoms with van der Waals surface area (Å²) in [5.41, 5.74) is 10.9. The van der Waals surface area contributed by atoms with E-state index in [-0.39, 0.29) is 5.41 Å². The number of fused-ring (bicyclic) bond motifs is 6. The molecule has 1 unspecified atom stereocenters. The van der Waals surface area contributed by atoms with E-state index in [9.17, 15) is 0 Å². The Hall–Kier alpha value is -6.46. The van der Waals surface area contributed by atoms with Crippen molar-refractivity contribution < 1.29 is 0 Å². The molecule has 10 aromatic rings. The van der Waals surface area contributed by atoms with Crippen LogP contribution in [-0.4, -0.2) is 9.97 Å². The topological polar surface area (TPSA) is 25.8 Å². The number of benzene rings is 7. The van der Waals surface area contributed by atoms with Crippen LogP contribution in [0.3, 0.4) is 0 Å². The zero-order chi connectivity index (χ0) is 37.9. The molecule has 0 radical (unpaired) electrons. The lowest BCUT2D eigenvalue weighted by molar-refractivity contribution is 0.600. The molecular formula is C53H36N2S2. The largest absolute Gasteiger partial charge is 0.228 e. The van der Waals surface area contributed by atoms with Crippen LogP contribution in [-0.2, 0) is 5.41 Å². The van der Waals surface area contributed by atoms with Crippen LogP contribution in [0, 0.1) is 0 Å². The molecular weight excluding hydrogens is 729 g/mol. The molecule has 4 heteroatoms. The molecule has 3 heterocycles. The fourth-order valence-electron chi connectivity index (χ4n) is 8.47. The number of allylic oxidation sites excluding steroid dienone is 4. The van der Waals surface area contributed by atoms with Gasteiger partial charge in [0.25, 0.3) is 0 Å². The van der Waals surface area contributed by atoms with E-state index in [0.29, 0.717) is 5.82 Å². The Bertz CT molecular complexity index is 3110. The summed E-state index contributed by atoms with van der Waals surface area (Å²) in [5, 5.41) is 5.18. The number of nitrogens with zero attached hydrogens (tertiary/aromatic N) is 2. The Morgan fingerprint density at radius 1 is 0.456 bits per heavy atom. The number of thiophene rings is 2. The van der Waals surface area contributed by atoms with Crippen molar-refractivity contribution in [3.8, 4) is 56.2 Å². The Kier molecular flexibility index (Phi) is 8.09. The molecule has 0 fully saturated rings. The van der Waals surface area contributed by atoms with E-state index in [1.165, 1.54) is 68.2 Å². The van der Waals surface area contributed by atoms with Crippen LogP contribution in [0.15, 0.2) is 188 Å². The predicted octanol–water partition coefficient (Wildman–Crippen LogP) is 15.3. The molecule has 0 aliphatic heterocycles. The predicted molar refractivity (Wildman–Crippen MR) is 245 cm³/mol. The molecule has 0 bridgehead atoms. The van der Waals surface area contributed by atoms with Crippen molar-refractivity contribution in [2.45, 2.75) is 18.8 Å². The summed E-state index contributed by atoms with van der Waals surface area (Å²) >= 11 is 3.74. The normalized spacial score (nSPS) is 15.3. The first-order valence-electron chi connectivity index (χ1n) is 19.4. The van der Waals surface area contributed by atoms with E-state index in [1.54, 1.807) is 0 Å². The van der Waals surface area contributed by atoms with Gasteiger partial charge in [-0.2, -0.15) is 0 Å². The molecule has 11 rings (SSSR count). The minimum absolute atomic E-state index is 0.0761. The van der Waals surface area contributed by atoms with Crippen LogP contribution >= 0.6 is 22.7 Å². The highest BCUT2D eigenvalue weighted by Gasteiger charge is 2.24. The highest BCUT2D eigenvalue weighted by Crippen LogP contribution is 2.45. The summed E-state index contributed by atoms with van der Waals surface area (Å²) in [7, 11) is 0. The third-order valence-corrected chi connectivity index (χ3v) is 13.9. The van der Waals surface area contributed by atoms with E-state index in [0.717, 1.165) is 34.5 Å². The number of aromatic nitrogens is 2. The van der Waals surface area contributed by atoms with Gasteiger partial charge in [-0.15, -0.1) is 22.7 Å². The second-order valence-corrected chi connectivity index (χ2v) is 17.3. The van der Waals surface area contributed by atoms with Gasteiger partial charge in [-0.05, 0) is 76.7 Å². The maximum absolute atomic E-state index is 5.36. The van der Waals surface area contributed by atoms with E-state index in [1.807, 2.05) is 28.7 Å². The second-order valence-electron chi connectivity index (χ2n) is 15.2. The molecule has 2 nitrogen and oxygen atoms in total. The zero-order valence-corrected chi connectivity index (χ0v) is 32.9.